The van der Waals surface area contributed by atoms with Crippen LogP contribution >= 0.6 is 27.5 Å². The van der Waals surface area contributed by atoms with Gasteiger partial charge in [-0.2, -0.15) is 0 Å². The van der Waals surface area contributed by atoms with Crippen LogP contribution < -0.4 is 10.0 Å². The van der Waals surface area contributed by atoms with E-state index in [-0.39, 0.29) is 4.90 Å². The van der Waals surface area contributed by atoms with Gasteiger partial charge in [-0.05, 0) is 47.1 Å². The van der Waals surface area contributed by atoms with Crippen LogP contribution in [0.15, 0.2) is 45.9 Å². The summed E-state index contributed by atoms with van der Waals surface area (Å²) in [6, 6.07) is 7.75. The number of hydrogen-bond acceptors (Lipinski definition) is 4. The second-order valence-electron chi connectivity index (χ2n) is 4.14. The number of hydrogen-bond donors (Lipinski definition) is 2. The lowest BCUT2D eigenvalue weighted by Gasteiger charge is -2.10. The standard InChI is InChI=1S/C13H13BrClN3O2S/c1-2-16-13-8-10(5-6-17-13)21(19,20)18-9-3-4-11(14)12(15)7-9/h3-8,18H,2H2,1H3,(H,16,17). The van der Waals surface area contributed by atoms with Crippen molar-refractivity contribution in [3.63, 3.8) is 0 Å². The second-order valence-corrected chi connectivity index (χ2v) is 7.09. The molecule has 5 nitrogen and oxygen atoms in total. The molecule has 8 heteroatoms. The minimum Gasteiger partial charge on any atom is -0.370 e. The van der Waals surface area contributed by atoms with Gasteiger partial charge >= 0.3 is 0 Å². The van der Waals surface area contributed by atoms with Crippen molar-refractivity contribution in [1.29, 1.82) is 0 Å². The summed E-state index contributed by atoms with van der Waals surface area (Å²) in [5.41, 5.74) is 0.394. The van der Waals surface area contributed by atoms with Crippen LogP contribution in [0.3, 0.4) is 0 Å². The van der Waals surface area contributed by atoms with Crippen LogP contribution in [0.2, 0.25) is 5.02 Å². The number of sulfonamides is 1. The molecule has 2 N–H and O–H groups in total. The Morgan fingerprint density at radius 3 is 2.71 bits per heavy atom. The van der Waals surface area contributed by atoms with Crippen LogP contribution in [-0.2, 0) is 10.0 Å². The Bertz CT molecular complexity index is 753. The van der Waals surface area contributed by atoms with Crippen LogP contribution in [-0.4, -0.2) is 19.9 Å². The number of aromatic nitrogens is 1. The molecule has 0 bridgehead atoms. The Morgan fingerprint density at radius 2 is 2.05 bits per heavy atom. The number of nitrogens with zero attached hydrogens (tertiary/aromatic N) is 1. The second kappa shape index (κ2) is 6.64. The zero-order valence-corrected chi connectivity index (χ0v) is 14.3. The van der Waals surface area contributed by atoms with Crippen molar-refractivity contribution in [2.45, 2.75) is 11.8 Å². The molecule has 2 aromatic rings. The molecule has 0 amide bonds. The van der Waals surface area contributed by atoms with E-state index >= 15 is 0 Å². The maximum Gasteiger partial charge on any atom is 0.262 e. The van der Waals surface area contributed by atoms with E-state index in [1.807, 2.05) is 6.92 Å². The Hall–Kier alpha value is -1.31. The largest absolute Gasteiger partial charge is 0.370 e. The molecule has 1 heterocycles. The maximum absolute atomic E-state index is 12.3. The third-order valence-electron chi connectivity index (χ3n) is 2.57. The lowest BCUT2D eigenvalue weighted by Crippen LogP contribution is -2.13. The summed E-state index contributed by atoms with van der Waals surface area (Å²) in [6.07, 6.45) is 1.45. The molecule has 1 aromatic heterocycles. The molecule has 0 spiro atoms. The van der Waals surface area contributed by atoms with Gasteiger partial charge in [-0.3, -0.25) is 4.72 Å². The van der Waals surface area contributed by atoms with Gasteiger partial charge in [0.1, 0.15) is 5.82 Å². The smallest absolute Gasteiger partial charge is 0.262 e. The lowest BCUT2D eigenvalue weighted by atomic mass is 10.3. The molecule has 0 saturated heterocycles. The normalized spacial score (nSPS) is 11.2. The molecular weight excluding hydrogens is 378 g/mol. The van der Waals surface area contributed by atoms with Crippen molar-refractivity contribution >= 4 is 49.1 Å². The van der Waals surface area contributed by atoms with Gasteiger partial charge in [0.05, 0.1) is 15.6 Å². The predicted octanol–water partition coefficient (Wildman–Crippen LogP) is 3.73. The highest BCUT2D eigenvalue weighted by molar-refractivity contribution is 9.10. The van der Waals surface area contributed by atoms with E-state index < -0.39 is 10.0 Å². The monoisotopic (exact) mass is 389 g/mol. The first-order valence-corrected chi connectivity index (χ1v) is 8.75. The van der Waals surface area contributed by atoms with E-state index in [4.69, 9.17) is 11.6 Å². The molecule has 1 aromatic carbocycles. The Kier molecular flexibility index (Phi) is 5.08. The number of rotatable bonds is 5. The van der Waals surface area contributed by atoms with Crippen molar-refractivity contribution in [3.8, 4) is 0 Å². The van der Waals surface area contributed by atoms with Gasteiger partial charge in [0.15, 0.2) is 0 Å². The average Bonchev–Trinajstić information content (AvgIpc) is 2.43. The van der Waals surface area contributed by atoms with Gasteiger partial charge in [-0.1, -0.05) is 11.6 Å². The SMILES string of the molecule is CCNc1cc(S(=O)(=O)Nc2ccc(Br)c(Cl)c2)ccn1. The molecule has 0 unspecified atom stereocenters. The number of nitrogens with one attached hydrogen (secondary N) is 2. The molecule has 2 rings (SSSR count). The van der Waals surface area contributed by atoms with Crippen molar-refractivity contribution in [1.82, 2.24) is 4.98 Å². The number of benzene rings is 1. The molecule has 21 heavy (non-hydrogen) atoms. The summed E-state index contributed by atoms with van der Waals surface area (Å²) in [5, 5.41) is 3.40. The van der Waals surface area contributed by atoms with Crippen molar-refractivity contribution in [3.05, 3.63) is 46.0 Å². The first-order valence-electron chi connectivity index (χ1n) is 6.10. The predicted molar refractivity (Wildman–Crippen MR) is 88.4 cm³/mol. The molecular formula is C13H13BrClN3O2S. The number of halogens is 2. The molecule has 0 fully saturated rings. The number of anilines is 2. The van der Waals surface area contributed by atoms with Crippen LogP contribution in [0.4, 0.5) is 11.5 Å². The Morgan fingerprint density at radius 1 is 1.29 bits per heavy atom. The van der Waals surface area contributed by atoms with Gasteiger partial charge in [-0.15, -0.1) is 0 Å². The van der Waals surface area contributed by atoms with Crippen LogP contribution in [0.5, 0.6) is 0 Å². The van der Waals surface area contributed by atoms with Gasteiger partial charge in [0.2, 0.25) is 0 Å². The van der Waals surface area contributed by atoms with Gasteiger partial charge in [0, 0.05) is 23.3 Å². The van der Waals surface area contributed by atoms with E-state index in [1.165, 1.54) is 24.4 Å². The summed E-state index contributed by atoms with van der Waals surface area (Å²) in [4.78, 5) is 4.18. The first-order chi connectivity index (χ1) is 9.92. The van der Waals surface area contributed by atoms with Crippen molar-refractivity contribution < 1.29 is 8.42 Å². The minimum atomic E-state index is -3.69. The zero-order chi connectivity index (χ0) is 15.5. The van der Waals surface area contributed by atoms with Gasteiger partial charge in [-0.25, -0.2) is 13.4 Å². The van der Waals surface area contributed by atoms with E-state index in [0.29, 0.717) is 27.5 Å². The Labute approximate surface area is 136 Å². The fourth-order valence-corrected chi connectivity index (χ4v) is 3.12. The van der Waals surface area contributed by atoms with E-state index in [2.05, 4.69) is 31.0 Å². The average molecular weight is 391 g/mol. The van der Waals surface area contributed by atoms with Crippen LogP contribution in [0.1, 0.15) is 6.92 Å². The van der Waals surface area contributed by atoms with E-state index in [0.717, 1.165) is 0 Å². The molecule has 0 aliphatic carbocycles. The van der Waals surface area contributed by atoms with E-state index in [9.17, 15) is 8.42 Å². The number of pyridine rings is 1. The maximum atomic E-state index is 12.3. The fraction of sp³-hybridized carbons (Fsp3) is 0.154. The summed E-state index contributed by atoms with van der Waals surface area (Å²) < 4.78 is 27.8. The van der Waals surface area contributed by atoms with Gasteiger partial charge in [0.25, 0.3) is 10.0 Å². The summed E-state index contributed by atoms with van der Waals surface area (Å²) in [5.74, 6) is 0.509. The highest BCUT2D eigenvalue weighted by atomic mass is 79.9. The molecule has 0 atom stereocenters. The Balaban J connectivity index is 2.29. The molecule has 112 valence electrons. The third kappa shape index (κ3) is 4.09. The first kappa shape index (κ1) is 16.1. The lowest BCUT2D eigenvalue weighted by molar-refractivity contribution is 0.601. The van der Waals surface area contributed by atoms with Crippen LogP contribution in [0.25, 0.3) is 0 Å². The molecule has 0 aliphatic heterocycles. The van der Waals surface area contributed by atoms with Gasteiger partial charge < -0.3 is 5.32 Å². The van der Waals surface area contributed by atoms with Crippen molar-refractivity contribution in [2.75, 3.05) is 16.6 Å². The highest BCUT2D eigenvalue weighted by Gasteiger charge is 2.15. The summed E-state index contributed by atoms with van der Waals surface area (Å²) in [6.45, 7) is 2.57. The fourth-order valence-electron chi connectivity index (χ4n) is 1.63. The van der Waals surface area contributed by atoms with E-state index in [1.54, 1.807) is 12.1 Å². The topological polar surface area (TPSA) is 71.1 Å². The minimum absolute atomic E-state index is 0.132. The molecule has 0 saturated carbocycles. The quantitative estimate of drug-likeness (QED) is 0.816. The molecule has 0 radical (unpaired) electrons. The highest BCUT2D eigenvalue weighted by Crippen LogP contribution is 2.27. The summed E-state index contributed by atoms with van der Waals surface area (Å²) in [7, 11) is -3.69. The third-order valence-corrected chi connectivity index (χ3v) is 5.18. The zero-order valence-electron chi connectivity index (χ0n) is 11.1. The molecule has 0 aliphatic rings. The van der Waals surface area contributed by atoms with Crippen molar-refractivity contribution in [2.24, 2.45) is 0 Å². The van der Waals surface area contributed by atoms with Crippen LogP contribution in [0, 0.1) is 0 Å². The summed E-state index contributed by atoms with van der Waals surface area (Å²) >= 11 is 9.21.